The smallest absolute Gasteiger partial charge is 0.272 e. The fourth-order valence-corrected chi connectivity index (χ4v) is 4.42. The number of rotatable bonds is 7. The first-order valence-corrected chi connectivity index (χ1v) is 12.4. The number of carbonyl (C=O) groups excluding carboxylic acids is 3. The molecule has 3 aromatic rings. The Morgan fingerprint density at radius 2 is 1.94 bits per heavy atom. The Morgan fingerprint density at radius 3 is 2.64 bits per heavy atom. The van der Waals surface area contributed by atoms with Crippen LogP contribution in [0.2, 0.25) is 0 Å². The van der Waals surface area contributed by atoms with Crippen LogP contribution >= 0.6 is 0 Å². The van der Waals surface area contributed by atoms with Gasteiger partial charge in [0.05, 0.1) is 22.9 Å². The quantitative estimate of drug-likeness (QED) is 0.468. The molecule has 0 spiro atoms. The van der Waals surface area contributed by atoms with Gasteiger partial charge in [0.15, 0.2) is 11.4 Å². The number of pyridine rings is 1. The van der Waals surface area contributed by atoms with E-state index in [1.165, 1.54) is 0 Å². The van der Waals surface area contributed by atoms with Crippen molar-refractivity contribution < 1.29 is 19.1 Å². The Kier molecular flexibility index (Phi) is 7.57. The third kappa shape index (κ3) is 5.19. The molecular weight excluding hydrogens is 458 g/mol. The largest absolute Gasteiger partial charge is 0.488 e. The van der Waals surface area contributed by atoms with E-state index in [0.717, 1.165) is 12.8 Å². The Morgan fingerprint density at radius 1 is 1.19 bits per heavy atom. The molecule has 0 aliphatic carbocycles. The molecule has 1 aromatic carbocycles. The summed E-state index contributed by atoms with van der Waals surface area (Å²) in [5, 5.41) is 9.32. The van der Waals surface area contributed by atoms with Crippen LogP contribution in [0.5, 0.6) is 5.75 Å². The molecule has 3 heterocycles. The average molecular weight is 492 g/mol. The molecule has 0 saturated carbocycles. The molecular formula is C27H33N5O4. The molecule has 1 atom stereocenters. The second-order valence-corrected chi connectivity index (χ2v) is 9.24. The van der Waals surface area contributed by atoms with Gasteiger partial charge in [-0.3, -0.25) is 14.4 Å². The molecule has 3 N–H and O–H groups in total. The van der Waals surface area contributed by atoms with Gasteiger partial charge >= 0.3 is 0 Å². The number of nitrogens with zero attached hydrogens (tertiary/aromatic N) is 2. The summed E-state index contributed by atoms with van der Waals surface area (Å²) in [5.41, 5.74) is 2.65. The average Bonchev–Trinajstić information content (AvgIpc) is 2.97. The van der Waals surface area contributed by atoms with Crippen LogP contribution in [0.4, 0.5) is 5.69 Å². The molecule has 2 aromatic heterocycles. The van der Waals surface area contributed by atoms with Crippen LogP contribution in [0.15, 0.2) is 36.4 Å². The van der Waals surface area contributed by atoms with Gasteiger partial charge in [-0.15, -0.1) is 0 Å². The zero-order valence-corrected chi connectivity index (χ0v) is 21.2. The Labute approximate surface area is 210 Å². The fourth-order valence-electron chi connectivity index (χ4n) is 4.42. The highest BCUT2D eigenvalue weighted by Gasteiger charge is 2.29. The highest BCUT2D eigenvalue weighted by atomic mass is 16.5. The van der Waals surface area contributed by atoms with Crippen molar-refractivity contribution in [3.05, 3.63) is 53.3 Å². The predicted octanol–water partition coefficient (Wildman–Crippen LogP) is 3.57. The van der Waals surface area contributed by atoms with E-state index in [1.807, 2.05) is 45.0 Å². The minimum Gasteiger partial charge on any atom is -0.488 e. The van der Waals surface area contributed by atoms with Gasteiger partial charge in [-0.25, -0.2) is 4.98 Å². The topological polar surface area (TPSA) is 114 Å². The molecule has 190 valence electrons. The first-order valence-electron chi connectivity index (χ1n) is 12.4. The summed E-state index contributed by atoms with van der Waals surface area (Å²) >= 11 is 0. The lowest BCUT2D eigenvalue weighted by molar-refractivity contribution is -0.122. The third-order valence-electron chi connectivity index (χ3n) is 6.22. The number of benzene rings is 1. The van der Waals surface area contributed by atoms with Crippen LogP contribution in [-0.4, -0.2) is 46.0 Å². The molecule has 4 rings (SSSR count). The van der Waals surface area contributed by atoms with Gasteiger partial charge < -0.3 is 25.3 Å². The van der Waals surface area contributed by atoms with Crippen LogP contribution in [-0.2, 0) is 18.3 Å². The van der Waals surface area contributed by atoms with Crippen molar-refractivity contribution in [3.8, 4) is 5.75 Å². The SMILES string of the molecule is CCc1nc2c(cc1NC(=O)c1ccccc1)c(OC(C)C)c(C(=O)NC1CCCCNC1=O)n2C. The van der Waals surface area contributed by atoms with E-state index in [1.54, 1.807) is 23.7 Å². The van der Waals surface area contributed by atoms with Gasteiger partial charge in [-0.2, -0.15) is 0 Å². The van der Waals surface area contributed by atoms with Crippen LogP contribution in [0.25, 0.3) is 11.0 Å². The van der Waals surface area contributed by atoms with E-state index in [-0.39, 0.29) is 23.6 Å². The highest BCUT2D eigenvalue weighted by Crippen LogP contribution is 2.35. The zero-order chi connectivity index (χ0) is 25.8. The van der Waals surface area contributed by atoms with E-state index in [0.29, 0.717) is 53.1 Å². The minimum absolute atomic E-state index is 0.178. The van der Waals surface area contributed by atoms with E-state index >= 15 is 0 Å². The van der Waals surface area contributed by atoms with Crippen LogP contribution in [0, 0.1) is 0 Å². The summed E-state index contributed by atoms with van der Waals surface area (Å²) in [6, 6.07) is 10.2. The molecule has 1 unspecified atom stereocenters. The summed E-state index contributed by atoms with van der Waals surface area (Å²) in [6.07, 6.45) is 2.68. The summed E-state index contributed by atoms with van der Waals surface area (Å²) < 4.78 is 7.82. The van der Waals surface area contributed by atoms with Crippen molar-refractivity contribution in [3.63, 3.8) is 0 Å². The molecule has 1 aliphatic heterocycles. The number of anilines is 1. The monoisotopic (exact) mass is 491 g/mol. The van der Waals surface area contributed by atoms with Gasteiger partial charge in [0.2, 0.25) is 5.91 Å². The lowest BCUT2D eigenvalue weighted by Crippen LogP contribution is -2.46. The Hall–Kier alpha value is -3.88. The predicted molar refractivity (Wildman–Crippen MR) is 138 cm³/mol. The molecule has 9 heteroatoms. The number of hydrogen-bond acceptors (Lipinski definition) is 5. The van der Waals surface area contributed by atoms with Crippen LogP contribution < -0.4 is 20.7 Å². The second-order valence-electron chi connectivity index (χ2n) is 9.24. The number of fused-ring (bicyclic) bond motifs is 1. The van der Waals surface area contributed by atoms with Crippen molar-refractivity contribution in [1.82, 2.24) is 20.2 Å². The first-order chi connectivity index (χ1) is 17.3. The lowest BCUT2D eigenvalue weighted by atomic mass is 10.1. The van der Waals surface area contributed by atoms with E-state index in [4.69, 9.17) is 9.72 Å². The molecule has 0 radical (unpaired) electrons. The number of carbonyl (C=O) groups is 3. The Balaban J connectivity index is 1.76. The van der Waals surface area contributed by atoms with Gasteiger partial charge in [0.25, 0.3) is 11.8 Å². The summed E-state index contributed by atoms with van der Waals surface area (Å²) in [7, 11) is 1.76. The maximum Gasteiger partial charge on any atom is 0.272 e. The van der Waals surface area contributed by atoms with Crippen molar-refractivity contribution in [2.75, 3.05) is 11.9 Å². The minimum atomic E-state index is -0.607. The molecule has 1 saturated heterocycles. The summed E-state index contributed by atoms with van der Waals surface area (Å²) in [5.74, 6) is -0.449. The molecule has 1 aliphatic rings. The Bertz CT molecular complexity index is 1280. The number of hydrogen-bond donors (Lipinski definition) is 3. The van der Waals surface area contributed by atoms with Crippen molar-refractivity contribution in [1.29, 1.82) is 0 Å². The standard InChI is InChI=1S/C27H33N5O4/c1-5-19-21(31-25(33)17-11-7-6-8-12-17)15-18-23(36-16(2)3)22(32(4)24(18)29-19)27(35)30-20-13-9-10-14-28-26(20)34/h6-8,11-12,15-16,20H,5,9-10,13-14H2,1-4H3,(H,28,34)(H,30,35)(H,31,33). The molecule has 3 amide bonds. The molecule has 1 fully saturated rings. The summed E-state index contributed by atoms with van der Waals surface area (Å²) in [4.78, 5) is 43.6. The van der Waals surface area contributed by atoms with Gasteiger partial charge in [0, 0.05) is 19.2 Å². The van der Waals surface area contributed by atoms with E-state index in [2.05, 4.69) is 16.0 Å². The first kappa shape index (κ1) is 25.2. The van der Waals surface area contributed by atoms with Crippen molar-refractivity contribution in [2.24, 2.45) is 7.05 Å². The van der Waals surface area contributed by atoms with Gasteiger partial charge in [0.1, 0.15) is 11.7 Å². The van der Waals surface area contributed by atoms with Crippen molar-refractivity contribution >= 4 is 34.4 Å². The van der Waals surface area contributed by atoms with Gasteiger partial charge in [-0.1, -0.05) is 25.1 Å². The van der Waals surface area contributed by atoms with E-state index in [9.17, 15) is 14.4 Å². The zero-order valence-electron chi connectivity index (χ0n) is 21.2. The number of nitrogens with one attached hydrogen (secondary N) is 3. The normalized spacial score (nSPS) is 15.9. The maximum atomic E-state index is 13.5. The second kappa shape index (κ2) is 10.8. The highest BCUT2D eigenvalue weighted by molar-refractivity contribution is 6.08. The van der Waals surface area contributed by atoms with E-state index < -0.39 is 11.9 Å². The van der Waals surface area contributed by atoms with Crippen LogP contribution in [0.3, 0.4) is 0 Å². The van der Waals surface area contributed by atoms with Crippen LogP contribution in [0.1, 0.15) is 66.6 Å². The third-order valence-corrected chi connectivity index (χ3v) is 6.22. The molecule has 36 heavy (non-hydrogen) atoms. The molecule has 0 bridgehead atoms. The number of aryl methyl sites for hydroxylation is 2. The maximum absolute atomic E-state index is 13.5. The molecule has 9 nitrogen and oxygen atoms in total. The number of aromatic nitrogens is 2. The van der Waals surface area contributed by atoms with Gasteiger partial charge in [-0.05, 0) is 57.7 Å². The summed E-state index contributed by atoms with van der Waals surface area (Å²) in [6.45, 7) is 6.33. The lowest BCUT2D eigenvalue weighted by Gasteiger charge is -2.17. The number of ether oxygens (including phenoxy) is 1. The van der Waals surface area contributed by atoms with Crippen molar-refractivity contribution in [2.45, 2.75) is 58.6 Å². The fraction of sp³-hybridized carbons (Fsp3) is 0.407. The number of amides is 3.